The molecule has 0 radical (unpaired) electrons. The fraction of sp³-hybridized carbons (Fsp3) is 1.00. The normalized spacial score (nSPS) is 14.3. The number of hydrogen-bond acceptors (Lipinski definition) is 7. The van der Waals surface area contributed by atoms with Crippen LogP contribution < -0.4 is 0 Å². The topological polar surface area (TPSA) is 74.3 Å². The van der Waals surface area contributed by atoms with Gasteiger partial charge in [-0.05, 0) is 40.8 Å². The van der Waals surface area contributed by atoms with Gasteiger partial charge in [0.1, 0.15) is 0 Å². The van der Waals surface area contributed by atoms with Crippen molar-refractivity contribution >= 4 is 15.2 Å². The lowest BCUT2D eigenvalue weighted by molar-refractivity contribution is 0.193. The molecule has 146 valence electrons. The number of nitrogens with zero attached hydrogens (tertiary/aromatic N) is 1. The average Bonchev–Trinajstić information content (AvgIpc) is 2.52. The van der Waals surface area contributed by atoms with E-state index < -0.39 is 20.9 Å². The van der Waals surface area contributed by atoms with Crippen LogP contribution in [0.15, 0.2) is 0 Å². The zero-order valence-electron chi connectivity index (χ0n) is 16.0. The van der Waals surface area contributed by atoms with Crippen molar-refractivity contribution in [2.45, 2.75) is 47.2 Å². The van der Waals surface area contributed by atoms with Crippen LogP contribution in [0.4, 0.5) is 0 Å². The zero-order chi connectivity index (χ0) is 18.6. The molecular formula is C15H35NO6P2. The molecule has 24 heavy (non-hydrogen) atoms. The second kappa shape index (κ2) is 12.6. The van der Waals surface area contributed by atoms with Crippen LogP contribution in [0.2, 0.25) is 0 Å². The first kappa shape index (κ1) is 24.3. The van der Waals surface area contributed by atoms with E-state index >= 15 is 0 Å². The summed E-state index contributed by atoms with van der Waals surface area (Å²) in [6.07, 6.45) is 0.0163. The lowest BCUT2D eigenvalue weighted by Crippen LogP contribution is -2.35. The van der Waals surface area contributed by atoms with Gasteiger partial charge in [0, 0.05) is 6.54 Å². The van der Waals surface area contributed by atoms with Gasteiger partial charge in [-0.25, -0.2) is 0 Å². The third-order valence-electron chi connectivity index (χ3n) is 3.51. The molecule has 0 saturated carbocycles. The van der Waals surface area contributed by atoms with E-state index in [2.05, 4.69) is 4.90 Å². The first-order valence-electron chi connectivity index (χ1n) is 8.83. The number of hydrogen-bond donors (Lipinski definition) is 0. The Hall–Kier alpha value is 0.260. The van der Waals surface area contributed by atoms with Gasteiger partial charge in [0.05, 0.1) is 38.2 Å². The van der Waals surface area contributed by atoms with E-state index in [4.69, 9.17) is 18.1 Å². The summed E-state index contributed by atoms with van der Waals surface area (Å²) in [5, 5.41) is 0. The molecule has 0 aromatic carbocycles. The molecule has 0 aromatic rings. The molecule has 1 atom stereocenters. The van der Waals surface area contributed by atoms with Crippen LogP contribution in [0.5, 0.6) is 0 Å². The average molecular weight is 387 g/mol. The quantitative estimate of drug-likeness (QED) is 0.389. The fourth-order valence-electron chi connectivity index (χ4n) is 2.44. The molecule has 0 spiro atoms. The predicted molar refractivity (Wildman–Crippen MR) is 98.2 cm³/mol. The molecule has 7 nitrogen and oxygen atoms in total. The van der Waals surface area contributed by atoms with Crippen molar-refractivity contribution in [2.75, 3.05) is 52.2 Å². The van der Waals surface area contributed by atoms with Gasteiger partial charge in [-0.15, -0.1) is 0 Å². The van der Waals surface area contributed by atoms with E-state index in [1.807, 2.05) is 13.8 Å². The minimum atomic E-state index is -3.43. The van der Waals surface area contributed by atoms with E-state index in [1.54, 1.807) is 27.7 Å². The lowest BCUT2D eigenvalue weighted by atomic mass is 10.4. The third-order valence-corrected chi connectivity index (χ3v) is 8.47. The third kappa shape index (κ3) is 8.09. The molecule has 0 aliphatic carbocycles. The molecule has 0 bridgehead atoms. The monoisotopic (exact) mass is 387 g/mol. The highest BCUT2D eigenvalue weighted by Gasteiger charge is 2.42. The maximum Gasteiger partial charge on any atom is 0.335 e. The highest BCUT2D eigenvalue weighted by molar-refractivity contribution is 7.58. The van der Waals surface area contributed by atoms with Crippen molar-refractivity contribution in [3.05, 3.63) is 0 Å². The van der Waals surface area contributed by atoms with E-state index in [1.165, 1.54) is 0 Å². The summed E-state index contributed by atoms with van der Waals surface area (Å²) >= 11 is 0. The molecule has 0 heterocycles. The van der Waals surface area contributed by atoms with Crippen molar-refractivity contribution in [2.24, 2.45) is 0 Å². The molecule has 0 aliphatic rings. The van der Waals surface area contributed by atoms with Gasteiger partial charge in [-0.3, -0.25) is 9.13 Å². The first-order valence-corrected chi connectivity index (χ1v) is 12.2. The molecule has 0 saturated heterocycles. The van der Waals surface area contributed by atoms with E-state index in [0.717, 1.165) is 13.1 Å². The minimum absolute atomic E-state index is 0.0163. The van der Waals surface area contributed by atoms with Gasteiger partial charge in [0.2, 0.25) is 0 Å². The maximum atomic E-state index is 13.3. The Balaban J connectivity index is 5.58. The Kier molecular flexibility index (Phi) is 12.7. The van der Waals surface area contributed by atoms with Crippen LogP contribution >= 0.6 is 15.2 Å². The van der Waals surface area contributed by atoms with Crippen LogP contribution in [-0.4, -0.2) is 62.8 Å². The van der Waals surface area contributed by atoms with Gasteiger partial charge < -0.3 is 23.0 Å². The molecule has 0 N–H and O–H groups in total. The Bertz CT molecular complexity index is 397. The summed E-state index contributed by atoms with van der Waals surface area (Å²) in [4.78, 5) is 2.11. The van der Waals surface area contributed by atoms with Crippen molar-refractivity contribution in [3.63, 3.8) is 0 Å². The lowest BCUT2D eigenvalue weighted by Gasteiger charge is -2.32. The summed E-state index contributed by atoms with van der Waals surface area (Å²) in [5.41, 5.74) is -0.568. The van der Waals surface area contributed by atoms with Gasteiger partial charge in [0.25, 0.3) is 0 Å². The number of rotatable bonds is 15. The Morgan fingerprint density at radius 3 is 1.50 bits per heavy atom. The molecule has 0 aliphatic heterocycles. The van der Waals surface area contributed by atoms with Crippen LogP contribution in [0, 0.1) is 0 Å². The largest absolute Gasteiger partial charge is 0.335 e. The molecular weight excluding hydrogens is 352 g/mol. The Morgan fingerprint density at radius 2 is 1.17 bits per heavy atom. The van der Waals surface area contributed by atoms with Crippen LogP contribution in [-0.2, 0) is 27.2 Å². The van der Waals surface area contributed by atoms with Gasteiger partial charge in [0.15, 0.2) is 0 Å². The molecule has 0 amide bonds. The van der Waals surface area contributed by atoms with Crippen LogP contribution in [0.25, 0.3) is 0 Å². The van der Waals surface area contributed by atoms with Crippen molar-refractivity contribution < 1.29 is 27.2 Å². The first-order chi connectivity index (χ1) is 11.3. The molecule has 0 fully saturated rings. The molecule has 1 unspecified atom stereocenters. The summed E-state index contributed by atoms with van der Waals surface area (Å²) in [5.74, 6) is 0. The summed E-state index contributed by atoms with van der Waals surface area (Å²) in [7, 11) is -6.78. The predicted octanol–water partition coefficient (Wildman–Crippen LogP) is 4.23. The molecule has 9 heteroatoms. The zero-order valence-corrected chi connectivity index (χ0v) is 17.8. The maximum absolute atomic E-state index is 13.3. The minimum Gasteiger partial charge on any atom is -0.309 e. The summed E-state index contributed by atoms with van der Waals surface area (Å²) < 4.78 is 48.0. The van der Waals surface area contributed by atoms with Gasteiger partial charge in [-0.1, -0.05) is 13.8 Å². The second-order valence-corrected chi connectivity index (χ2v) is 9.57. The second-order valence-electron chi connectivity index (χ2n) is 5.14. The Morgan fingerprint density at radius 1 is 0.750 bits per heavy atom. The van der Waals surface area contributed by atoms with Crippen LogP contribution in [0.1, 0.15) is 41.5 Å². The van der Waals surface area contributed by atoms with Crippen molar-refractivity contribution in [1.82, 2.24) is 4.90 Å². The summed E-state index contributed by atoms with van der Waals surface area (Å²) in [6, 6.07) is 0. The molecule has 0 rings (SSSR count). The fourth-order valence-corrected chi connectivity index (χ4v) is 7.19. The van der Waals surface area contributed by atoms with E-state index in [0.29, 0.717) is 6.54 Å². The Labute approximate surface area is 147 Å². The van der Waals surface area contributed by atoms with Gasteiger partial charge in [-0.2, -0.15) is 0 Å². The van der Waals surface area contributed by atoms with Gasteiger partial charge >= 0.3 is 15.2 Å². The highest BCUT2D eigenvalue weighted by atomic mass is 31.2. The smallest absolute Gasteiger partial charge is 0.309 e. The SMILES string of the molecule is CCOP(=O)(CC(CN(CC)CC)P(=O)(OCC)OCC)OCC. The van der Waals surface area contributed by atoms with Crippen molar-refractivity contribution in [1.29, 1.82) is 0 Å². The standard InChI is InChI=1S/C15H35NO6P2/c1-7-16(8-2)13-15(24(18,21-11-5)22-12-6)14-23(17,19-9-3)20-10-4/h15H,7-14H2,1-6H3. The van der Waals surface area contributed by atoms with E-state index in [9.17, 15) is 9.13 Å². The summed E-state index contributed by atoms with van der Waals surface area (Å²) in [6.45, 7) is 14.2. The molecule has 0 aromatic heterocycles. The highest BCUT2D eigenvalue weighted by Crippen LogP contribution is 2.60. The van der Waals surface area contributed by atoms with E-state index in [-0.39, 0.29) is 32.6 Å². The van der Waals surface area contributed by atoms with Crippen molar-refractivity contribution in [3.8, 4) is 0 Å². The van der Waals surface area contributed by atoms with Crippen LogP contribution in [0.3, 0.4) is 0 Å².